The summed E-state index contributed by atoms with van der Waals surface area (Å²) in [6.45, 7) is 7.08. The quantitative estimate of drug-likeness (QED) is 0.644. The molecule has 2 atom stereocenters. The molecule has 1 N–H and O–H groups in total. The fourth-order valence-corrected chi connectivity index (χ4v) is 6.05. The van der Waals surface area contributed by atoms with Gasteiger partial charge in [-0.15, -0.1) is 23.1 Å². The number of aromatic nitrogens is 1. The van der Waals surface area contributed by atoms with Crippen LogP contribution in [-0.4, -0.2) is 58.0 Å². The van der Waals surface area contributed by atoms with Crippen LogP contribution in [0, 0.1) is 0 Å². The largest absolute Gasteiger partial charge is 0.336 e. The van der Waals surface area contributed by atoms with Gasteiger partial charge in [-0.1, -0.05) is 12.1 Å². The van der Waals surface area contributed by atoms with Crippen LogP contribution in [0.2, 0.25) is 0 Å². The van der Waals surface area contributed by atoms with Crippen LogP contribution in [0.3, 0.4) is 0 Å². The lowest BCUT2D eigenvalue weighted by Gasteiger charge is -2.37. The molecule has 0 radical (unpaired) electrons. The summed E-state index contributed by atoms with van der Waals surface area (Å²) in [7, 11) is 0. The highest BCUT2D eigenvalue weighted by atomic mass is 32.2. The molecule has 0 saturated carbocycles. The topological polar surface area (TPSA) is 65.5 Å². The van der Waals surface area contributed by atoms with Gasteiger partial charge >= 0.3 is 0 Å². The molecular weight excluding hydrogens is 428 g/mol. The molecule has 1 saturated heterocycles. The number of benzene rings is 2. The lowest BCUT2D eigenvalue weighted by atomic mass is 10.1. The first kappa shape index (κ1) is 20.5. The molecule has 0 spiro atoms. The Morgan fingerprint density at radius 1 is 1.16 bits per heavy atom. The van der Waals surface area contributed by atoms with E-state index in [-0.39, 0.29) is 23.1 Å². The zero-order valence-corrected chi connectivity index (χ0v) is 19.1. The highest BCUT2D eigenvalue weighted by Gasteiger charge is 2.28. The van der Waals surface area contributed by atoms with Gasteiger partial charge in [0.2, 0.25) is 5.91 Å². The highest BCUT2D eigenvalue weighted by Crippen LogP contribution is 2.36. The molecule has 0 unspecified atom stereocenters. The van der Waals surface area contributed by atoms with Crippen molar-refractivity contribution in [2.24, 2.45) is 0 Å². The van der Waals surface area contributed by atoms with Crippen LogP contribution >= 0.6 is 23.1 Å². The van der Waals surface area contributed by atoms with Crippen molar-refractivity contribution in [1.29, 1.82) is 0 Å². The van der Waals surface area contributed by atoms with Gasteiger partial charge in [-0.25, -0.2) is 4.98 Å². The van der Waals surface area contributed by atoms with Crippen LogP contribution in [0.1, 0.15) is 35.3 Å². The maximum absolute atomic E-state index is 13.1. The van der Waals surface area contributed by atoms with Crippen LogP contribution < -0.4 is 5.32 Å². The zero-order valence-electron chi connectivity index (χ0n) is 17.5. The van der Waals surface area contributed by atoms with Crippen molar-refractivity contribution in [2.75, 3.05) is 31.5 Å². The Labute approximate surface area is 189 Å². The van der Waals surface area contributed by atoms with Crippen molar-refractivity contribution < 1.29 is 9.59 Å². The predicted molar refractivity (Wildman–Crippen MR) is 126 cm³/mol. The van der Waals surface area contributed by atoms with E-state index in [9.17, 15) is 9.59 Å². The minimum absolute atomic E-state index is 0.0143. The third-order valence-electron chi connectivity index (χ3n) is 5.97. The van der Waals surface area contributed by atoms with E-state index < -0.39 is 0 Å². The summed E-state index contributed by atoms with van der Waals surface area (Å²) in [5, 5.41) is 3.93. The summed E-state index contributed by atoms with van der Waals surface area (Å²) in [5.74, 6) is 0.00695. The molecule has 2 amide bonds. The number of amides is 2. The monoisotopic (exact) mass is 452 g/mol. The van der Waals surface area contributed by atoms with Crippen LogP contribution in [0.15, 0.2) is 47.4 Å². The van der Waals surface area contributed by atoms with Crippen LogP contribution in [-0.2, 0) is 4.79 Å². The molecule has 2 aliphatic rings. The fourth-order valence-electron chi connectivity index (χ4n) is 4.06. The van der Waals surface area contributed by atoms with Crippen LogP contribution in [0.4, 0.5) is 5.69 Å². The summed E-state index contributed by atoms with van der Waals surface area (Å²) >= 11 is 3.28. The minimum Gasteiger partial charge on any atom is -0.336 e. The van der Waals surface area contributed by atoms with E-state index in [2.05, 4.69) is 29.3 Å². The Morgan fingerprint density at radius 2 is 1.94 bits per heavy atom. The number of piperazine rings is 1. The number of fused-ring (bicyclic) bond motifs is 2. The number of hydrogen-bond donors (Lipinski definition) is 1. The van der Waals surface area contributed by atoms with E-state index in [1.807, 2.05) is 42.2 Å². The zero-order chi connectivity index (χ0) is 21.5. The third kappa shape index (κ3) is 3.95. The predicted octanol–water partition coefficient (Wildman–Crippen LogP) is 4.25. The van der Waals surface area contributed by atoms with Gasteiger partial charge in [0.05, 0.1) is 27.2 Å². The second-order valence-corrected chi connectivity index (χ2v) is 10.4. The molecule has 1 aromatic heterocycles. The number of rotatable bonds is 3. The molecular formula is C23H24N4O2S2. The first-order valence-corrected chi connectivity index (χ1v) is 12.2. The number of carbonyl (C=O) groups excluding carboxylic acids is 2. The van der Waals surface area contributed by atoms with Gasteiger partial charge in [0.25, 0.3) is 5.91 Å². The SMILES string of the molecule is C[C@@H]1Sc2ccc(C(=O)N3CCN([C@H](C)c4nc5ccccc5s4)CC3)cc2NC1=O. The Morgan fingerprint density at radius 3 is 2.71 bits per heavy atom. The van der Waals surface area contributed by atoms with Crippen molar-refractivity contribution in [3.05, 3.63) is 53.0 Å². The summed E-state index contributed by atoms with van der Waals surface area (Å²) in [6, 6.07) is 14.1. The van der Waals surface area contributed by atoms with E-state index >= 15 is 0 Å². The summed E-state index contributed by atoms with van der Waals surface area (Å²) in [4.78, 5) is 35.2. The third-order valence-corrected chi connectivity index (χ3v) is 8.36. The average molecular weight is 453 g/mol. The molecule has 8 heteroatoms. The van der Waals surface area contributed by atoms with Gasteiger partial charge in [-0.05, 0) is 44.2 Å². The second kappa shape index (κ2) is 8.26. The Hall–Kier alpha value is -2.42. The maximum Gasteiger partial charge on any atom is 0.254 e. The van der Waals surface area contributed by atoms with E-state index in [0.29, 0.717) is 18.7 Å². The summed E-state index contributed by atoms with van der Waals surface area (Å²) in [6.07, 6.45) is 0. The molecule has 5 rings (SSSR count). The van der Waals surface area contributed by atoms with Gasteiger partial charge in [-0.2, -0.15) is 0 Å². The van der Waals surface area contributed by atoms with Gasteiger partial charge < -0.3 is 10.2 Å². The first-order valence-electron chi connectivity index (χ1n) is 10.5. The van der Waals surface area contributed by atoms with E-state index in [0.717, 1.165) is 34.2 Å². The van der Waals surface area contributed by atoms with Crippen molar-refractivity contribution in [3.8, 4) is 0 Å². The molecule has 160 valence electrons. The number of nitrogens with zero attached hydrogens (tertiary/aromatic N) is 3. The molecule has 0 aliphatic carbocycles. The van der Waals surface area contributed by atoms with Crippen molar-refractivity contribution in [3.63, 3.8) is 0 Å². The summed E-state index contributed by atoms with van der Waals surface area (Å²) in [5.41, 5.74) is 2.42. The number of nitrogens with one attached hydrogen (secondary N) is 1. The van der Waals surface area contributed by atoms with E-state index in [1.54, 1.807) is 11.3 Å². The van der Waals surface area contributed by atoms with E-state index in [4.69, 9.17) is 4.98 Å². The Kier molecular flexibility index (Phi) is 5.45. The molecule has 31 heavy (non-hydrogen) atoms. The Balaban J connectivity index is 1.24. The molecule has 3 heterocycles. The molecule has 2 aromatic carbocycles. The molecule has 1 fully saturated rings. The highest BCUT2D eigenvalue weighted by molar-refractivity contribution is 8.00. The maximum atomic E-state index is 13.1. The molecule has 6 nitrogen and oxygen atoms in total. The van der Waals surface area contributed by atoms with Gasteiger partial charge in [0, 0.05) is 36.6 Å². The first-order chi connectivity index (χ1) is 15.0. The Bertz CT molecular complexity index is 1120. The number of para-hydroxylation sites is 1. The lowest BCUT2D eigenvalue weighted by molar-refractivity contribution is -0.115. The average Bonchev–Trinajstić information content (AvgIpc) is 3.23. The van der Waals surface area contributed by atoms with Crippen molar-refractivity contribution in [2.45, 2.75) is 30.0 Å². The summed E-state index contributed by atoms with van der Waals surface area (Å²) < 4.78 is 1.21. The van der Waals surface area contributed by atoms with Crippen LogP contribution in [0.25, 0.3) is 10.2 Å². The van der Waals surface area contributed by atoms with Gasteiger partial charge in [-0.3, -0.25) is 14.5 Å². The number of carbonyl (C=O) groups is 2. The molecule has 0 bridgehead atoms. The number of anilines is 1. The smallest absolute Gasteiger partial charge is 0.254 e. The fraction of sp³-hybridized carbons (Fsp3) is 0.348. The normalized spacial score (nSPS) is 20.4. The molecule has 3 aromatic rings. The standard InChI is InChI=1S/C23H24N4O2S2/c1-14(22-25-17-5-3-4-6-19(17)31-22)26-9-11-27(12-10-26)23(29)16-7-8-20-18(13-16)24-21(28)15(2)30-20/h3-8,13-15H,9-12H2,1-2H3,(H,24,28)/t14-,15+/m1/s1. The lowest BCUT2D eigenvalue weighted by Crippen LogP contribution is -2.49. The molecule has 2 aliphatic heterocycles. The van der Waals surface area contributed by atoms with E-state index in [1.165, 1.54) is 16.5 Å². The number of thiazole rings is 1. The van der Waals surface area contributed by atoms with Gasteiger partial charge in [0.1, 0.15) is 5.01 Å². The minimum atomic E-state index is -0.112. The van der Waals surface area contributed by atoms with Crippen molar-refractivity contribution >= 4 is 50.8 Å². The second-order valence-electron chi connectivity index (χ2n) is 7.98. The number of thioether (sulfide) groups is 1. The van der Waals surface area contributed by atoms with Crippen LogP contribution in [0.5, 0.6) is 0 Å². The van der Waals surface area contributed by atoms with Crippen molar-refractivity contribution in [1.82, 2.24) is 14.8 Å². The van der Waals surface area contributed by atoms with Gasteiger partial charge in [0.15, 0.2) is 0 Å². The number of hydrogen-bond acceptors (Lipinski definition) is 6.